The zero-order valence-corrected chi connectivity index (χ0v) is 18.9. The predicted octanol–water partition coefficient (Wildman–Crippen LogP) is 3.48. The summed E-state index contributed by atoms with van der Waals surface area (Å²) in [5, 5.41) is 23.9. The Labute approximate surface area is 194 Å². The quantitative estimate of drug-likeness (QED) is 0.563. The number of hydrogen-bond acceptors (Lipinski definition) is 5. The van der Waals surface area contributed by atoms with Crippen LogP contribution in [-0.2, 0) is 6.61 Å². The highest BCUT2D eigenvalue weighted by Gasteiger charge is 2.55. The van der Waals surface area contributed by atoms with Gasteiger partial charge in [0.15, 0.2) is 5.78 Å². The van der Waals surface area contributed by atoms with Gasteiger partial charge in [-0.15, -0.1) is 0 Å². The summed E-state index contributed by atoms with van der Waals surface area (Å²) < 4.78 is 5.43. The molecular formula is C27H31NO5. The van der Waals surface area contributed by atoms with Crippen LogP contribution >= 0.6 is 0 Å². The summed E-state index contributed by atoms with van der Waals surface area (Å²) >= 11 is 0. The Bertz CT molecular complexity index is 1050. The van der Waals surface area contributed by atoms with Crippen molar-refractivity contribution >= 4 is 11.7 Å². The highest BCUT2D eigenvalue weighted by molar-refractivity contribution is 6.09. The van der Waals surface area contributed by atoms with E-state index >= 15 is 0 Å². The lowest BCUT2D eigenvalue weighted by molar-refractivity contribution is -0.136. The van der Waals surface area contributed by atoms with Crippen LogP contribution in [0, 0.1) is 17.8 Å². The molecule has 4 aliphatic carbocycles. The summed E-state index contributed by atoms with van der Waals surface area (Å²) in [4.78, 5) is 26.1. The average molecular weight is 450 g/mol. The van der Waals surface area contributed by atoms with Gasteiger partial charge in [-0.25, -0.2) is 0 Å². The molecule has 4 bridgehead atoms. The van der Waals surface area contributed by atoms with E-state index in [4.69, 9.17) is 4.74 Å². The normalized spacial score (nSPS) is 29.7. The average Bonchev–Trinajstić information content (AvgIpc) is 2.80. The molecule has 2 aromatic carbocycles. The van der Waals surface area contributed by atoms with E-state index in [1.807, 2.05) is 6.92 Å². The number of hydrogen-bond donors (Lipinski definition) is 3. The molecule has 0 radical (unpaired) electrons. The Morgan fingerprint density at radius 3 is 2.30 bits per heavy atom. The van der Waals surface area contributed by atoms with Gasteiger partial charge >= 0.3 is 0 Å². The molecule has 6 rings (SSSR count). The first kappa shape index (κ1) is 22.1. The van der Waals surface area contributed by atoms with E-state index in [1.165, 1.54) is 0 Å². The summed E-state index contributed by atoms with van der Waals surface area (Å²) in [5.41, 5.74) is 1.24. The summed E-state index contributed by atoms with van der Waals surface area (Å²) in [6.07, 6.45) is 4.54. The van der Waals surface area contributed by atoms with E-state index in [9.17, 15) is 19.8 Å². The first-order valence-corrected chi connectivity index (χ1v) is 11.9. The number of aliphatic hydroxyl groups excluding tert-OH is 1. The van der Waals surface area contributed by atoms with Crippen LogP contribution < -0.4 is 10.1 Å². The van der Waals surface area contributed by atoms with Crippen LogP contribution in [0.5, 0.6) is 5.75 Å². The molecule has 0 heterocycles. The number of ether oxygens (including phenoxy) is 1. The Morgan fingerprint density at radius 1 is 1.03 bits per heavy atom. The number of benzene rings is 2. The Balaban J connectivity index is 1.32. The van der Waals surface area contributed by atoms with Crippen molar-refractivity contribution in [1.82, 2.24) is 5.32 Å². The molecule has 2 aromatic rings. The van der Waals surface area contributed by atoms with Crippen molar-refractivity contribution < 1.29 is 24.5 Å². The standard InChI is InChI=1S/C27H31NO5/c1-2-33-22-6-3-17(4-7-22)25(30)18-5-8-23(21(11-18)15-29)26(31)28-24-19-9-16-10-20(24)14-27(32,12-16)13-19/h3-8,11,16,19-20,24,29,32H,2,9-10,12-15H2,1H3,(H,28,31). The molecule has 0 spiro atoms. The van der Waals surface area contributed by atoms with Gasteiger partial charge in [0, 0.05) is 22.7 Å². The maximum atomic E-state index is 13.2. The van der Waals surface area contributed by atoms with Crippen LogP contribution in [0.4, 0.5) is 0 Å². The van der Waals surface area contributed by atoms with Gasteiger partial charge in [-0.1, -0.05) is 6.07 Å². The van der Waals surface area contributed by atoms with Crippen LogP contribution in [-0.4, -0.2) is 40.2 Å². The van der Waals surface area contributed by atoms with E-state index in [1.54, 1.807) is 42.5 Å². The summed E-state index contributed by atoms with van der Waals surface area (Å²) in [6, 6.07) is 11.9. The van der Waals surface area contributed by atoms with Crippen molar-refractivity contribution in [2.75, 3.05) is 6.61 Å². The lowest BCUT2D eigenvalue weighted by Crippen LogP contribution is -2.61. The van der Waals surface area contributed by atoms with Crippen LogP contribution in [0.3, 0.4) is 0 Å². The maximum absolute atomic E-state index is 13.2. The number of ketones is 1. The number of carbonyl (C=O) groups is 2. The zero-order chi connectivity index (χ0) is 23.2. The third kappa shape index (κ3) is 4.18. The van der Waals surface area contributed by atoms with Gasteiger partial charge < -0.3 is 20.3 Å². The minimum atomic E-state index is -0.545. The zero-order valence-electron chi connectivity index (χ0n) is 18.9. The van der Waals surface area contributed by atoms with Gasteiger partial charge in [-0.05, 0) is 98.7 Å². The lowest BCUT2D eigenvalue weighted by Gasteiger charge is -2.58. The fourth-order valence-corrected chi connectivity index (χ4v) is 6.57. The second-order valence-corrected chi connectivity index (χ2v) is 10.0. The molecule has 174 valence electrons. The molecule has 4 aliphatic rings. The molecule has 2 atom stereocenters. The number of carbonyl (C=O) groups excluding carboxylic acids is 2. The fraction of sp³-hybridized carbons (Fsp3) is 0.481. The molecule has 6 heteroatoms. The van der Waals surface area contributed by atoms with Crippen LogP contribution in [0.1, 0.15) is 70.9 Å². The van der Waals surface area contributed by atoms with Crippen molar-refractivity contribution in [3.63, 3.8) is 0 Å². The van der Waals surface area contributed by atoms with Crippen LogP contribution in [0.15, 0.2) is 42.5 Å². The largest absolute Gasteiger partial charge is 0.494 e. The number of nitrogens with one attached hydrogen (secondary N) is 1. The molecule has 0 aliphatic heterocycles. The van der Waals surface area contributed by atoms with Gasteiger partial charge in [0.25, 0.3) is 5.91 Å². The number of rotatable bonds is 7. The molecule has 0 aromatic heterocycles. The monoisotopic (exact) mass is 449 g/mol. The molecule has 3 N–H and O–H groups in total. The van der Waals surface area contributed by atoms with E-state index in [-0.39, 0.29) is 24.3 Å². The van der Waals surface area contributed by atoms with Crippen molar-refractivity contribution in [2.24, 2.45) is 17.8 Å². The molecular weight excluding hydrogens is 418 g/mol. The molecule has 6 nitrogen and oxygen atoms in total. The van der Waals surface area contributed by atoms with E-state index in [2.05, 4.69) is 5.32 Å². The highest BCUT2D eigenvalue weighted by Crippen LogP contribution is 2.55. The summed E-state index contributed by atoms with van der Waals surface area (Å²) in [7, 11) is 0. The van der Waals surface area contributed by atoms with E-state index < -0.39 is 5.60 Å². The number of aliphatic hydroxyl groups is 2. The van der Waals surface area contributed by atoms with Gasteiger partial charge in [0.05, 0.1) is 18.8 Å². The van der Waals surface area contributed by atoms with Crippen molar-refractivity contribution in [2.45, 2.75) is 57.3 Å². The van der Waals surface area contributed by atoms with Crippen molar-refractivity contribution in [3.8, 4) is 5.75 Å². The first-order chi connectivity index (χ1) is 15.9. The van der Waals surface area contributed by atoms with Gasteiger partial charge in [-0.3, -0.25) is 9.59 Å². The minimum absolute atomic E-state index is 0.0611. The molecule has 33 heavy (non-hydrogen) atoms. The van der Waals surface area contributed by atoms with Crippen molar-refractivity contribution in [3.05, 3.63) is 64.7 Å². The van der Waals surface area contributed by atoms with Crippen molar-refractivity contribution in [1.29, 1.82) is 0 Å². The molecule has 0 saturated heterocycles. The third-order valence-corrected chi connectivity index (χ3v) is 7.75. The van der Waals surface area contributed by atoms with E-state index in [0.29, 0.717) is 52.4 Å². The Hall–Kier alpha value is -2.70. The summed E-state index contributed by atoms with van der Waals surface area (Å²) in [5.74, 6) is 1.50. The second kappa shape index (κ2) is 8.58. The second-order valence-electron chi connectivity index (χ2n) is 10.0. The molecule has 4 saturated carbocycles. The molecule has 2 unspecified atom stereocenters. The third-order valence-electron chi connectivity index (χ3n) is 7.75. The van der Waals surface area contributed by atoms with Gasteiger partial charge in [0.1, 0.15) is 5.75 Å². The Morgan fingerprint density at radius 2 is 1.70 bits per heavy atom. The minimum Gasteiger partial charge on any atom is -0.494 e. The summed E-state index contributed by atoms with van der Waals surface area (Å²) in [6.45, 7) is 2.13. The first-order valence-electron chi connectivity index (χ1n) is 11.9. The van der Waals surface area contributed by atoms with Gasteiger partial charge in [0.2, 0.25) is 0 Å². The lowest BCUT2D eigenvalue weighted by atomic mass is 9.52. The Kier molecular flexibility index (Phi) is 5.75. The van der Waals surface area contributed by atoms with Crippen LogP contribution in [0.2, 0.25) is 0 Å². The maximum Gasteiger partial charge on any atom is 0.251 e. The van der Waals surface area contributed by atoms with E-state index in [0.717, 1.165) is 32.1 Å². The number of amides is 1. The molecule has 1 amide bonds. The SMILES string of the molecule is CCOc1ccc(C(=O)c2ccc(C(=O)NC3C4CC5CC3CC(O)(C5)C4)c(CO)c2)cc1. The topological polar surface area (TPSA) is 95.9 Å². The van der Waals surface area contributed by atoms with Crippen LogP contribution in [0.25, 0.3) is 0 Å². The highest BCUT2D eigenvalue weighted by atomic mass is 16.5. The van der Waals surface area contributed by atoms with Gasteiger partial charge in [-0.2, -0.15) is 0 Å². The predicted molar refractivity (Wildman–Crippen MR) is 123 cm³/mol. The molecule has 4 fully saturated rings. The smallest absolute Gasteiger partial charge is 0.251 e. The fourth-order valence-electron chi connectivity index (χ4n) is 6.57.